The second kappa shape index (κ2) is 6.31. The van der Waals surface area contributed by atoms with E-state index in [1.165, 1.54) is 37.7 Å². The predicted molar refractivity (Wildman–Crippen MR) is 86.8 cm³/mol. The lowest BCUT2D eigenvalue weighted by Crippen LogP contribution is -2.38. The molecule has 0 radical (unpaired) electrons. The summed E-state index contributed by atoms with van der Waals surface area (Å²) in [6, 6.07) is 8.90. The van der Waals surface area contributed by atoms with E-state index in [-0.39, 0.29) is 5.78 Å². The third-order valence-corrected chi connectivity index (χ3v) is 5.37. The van der Waals surface area contributed by atoms with E-state index in [2.05, 4.69) is 30.9 Å². The van der Waals surface area contributed by atoms with Crippen molar-refractivity contribution >= 4 is 5.78 Å². The molecule has 2 aliphatic rings. The minimum Gasteiger partial charge on any atom is -0.293 e. The van der Waals surface area contributed by atoms with E-state index in [0.29, 0.717) is 18.5 Å². The summed E-state index contributed by atoms with van der Waals surface area (Å²) in [5.41, 5.74) is 2.18. The van der Waals surface area contributed by atoms with Gasteiger partial charge in [0.2, 0.25) is 0 Å². The van der Waals surface area contributed by atoms with Gasteiger partial charge in [-0.05, 0) is 43.2 Å². The minimum atomic E-state index is 0.288. The molecule has 0 spiro atoms. The Balaban J connectivity index is 1.63. The molecule has 2 fully saturated rings. The predicted octanol–water partition coefficient (Wildman–Crippen LogP) is 4.26. The molecule has 1 saturated carbocycles. The maximum absolute atomic E-state index is 12.5. The highest BCUT2D eigenvalue weighted by Crippen LogP contribution is 2.36. The molecule has 1 heterocycles. The van der Waals surface area contributed by atoms with Gasteiger partial charge in [-0.15, -0.1) is 0 Å². The van der Waals surface area contributed by atoms with Crippen LogP contribution in [-0.4, -0.2) is 29.8 Å². The fourth-order valence-electron chi connectivity index (χ4n) is 4.03. The maximum Gasteiger partial charge on any atom is 0.176 e. The fourth-order valence-corrected chi connectivity index (χ4v) is 4.03. The molecule has 1 aromatic carbocycles. The van der Waals surface area contributed by atoms with Gasteiger partial charge in [-0.1, -0.05) is 51.0 Å². The molecular weight excluding hydrogens is 258 g/mol. The van der Waals surface area contributed by atoms with E-state index in [1.807, 2.05) is 12.1 Å². The summed E-state index contributed by atoms with van der Waals surface area (Å²) >= 11 is 0. The lowest BCUT2D eigenvalue weighted by molar-refractivity contribution is 0.0896. The van der Waals surface area contributed by atoms with Gasteiger partial charge in [0.05, 0.1) is 6.54 Å². The molecule has 3 rings (SSSR count). The Labute approximate surface area is 128 Å². The second-order valence-corrected chi connectivity index (χ2v) is 7.07. The van der Waals surface area contributed by atoms with E-state index in [1.54, 1.807) is 0 Å². The largest absolute Gasteiger partial charge is 0.293 e. The molecule has 2 atom stereocenters. The summed E-state index contributed by atoms with van der Waals surface area (Å²) in [4.78, 5) is 15.0. The number of carbonyl (C=O) groups excluding carboxylic acids is 1. The molecule has 1 aromatic rings. The van der Waals surface area contributed by atoms with Crippen LogP contribution in [0, 0.1) is 5.92 Å². The van der Waals surface area contributed by atoms with Crippen LogP contribution in [0.2, 0.25) is 0 Å². The van der Waals surface area contributed by atoms with E-state index in [4.69, 9.17) is 0 Å². The van der Waals surface area contributed by atoms with Crippen molar-refractivity contribution in [2.45, 2.75) is 57.9 Å². The molecule has 2 nitrogen and oxygen atoms in total. The van der Waals surface area contributed by atoms with Crippen LogP contribution < -0.4 is 0 Å². The van der Waals surface area contributed by atoms with Crippen LogP contribution in [0.4, 0.5) is 0 Å². The van der Waals surface area contributed by atoms with E-state index >= 15 is 0 Å². The first-order valence-electron chi connectivity index (χ1n) is 8.52. The number of carbonyl (C=O) groups is 1. The number of hydrogen-bond donors (Lipinski definition) is 0. The van der Waals surface area contributed by atoms with Crippen molar-refractivity contribution in [2.24, 2.45) is 5.92 Å². The van der Waals surface area contributed by atoms with E-state index in [9.17, 15) is 4.79 Å². The molecule has 1 saturated heterocycles. The number of benzene rings is 1. The standard InChI is InChI=1S/C19H27NO/c1-14(2)15-7-9-17(10-8-15)19(21)13-20-12-11-16-5-3-4-6-18(16)20/h7-10,14,16,18H,3-6,11-13H2,1-2H3. The first kappa shape index (κ1) is 14.8. The van der Waals surface area contributed by atoms with Crippen molar-refractivity contribution in [3.8, 4) is 0 Å². The van der Waals surface area contributed by atoms with Crippen molar-refractivity contribution in [1.29, 1.82) is 0 Å². The Kier molecular flexibility index (Phi) is 4.44. The molecule has 21 heavy (non-hydrogen) atoms. The molecule has 0 N–H and O–H groups in total. The summed E-state index contributed by atoms with van der Waals surface area (Å²) in [7, 11) is 0. The summed E-state index contributed by atoms with van der Waals surface area (Å²) in [5, 5.41) is 0. The molecular formula is C19H27NO. The van der Waals surface area contributed by atoms with Crippen LogP contribution in [0.1, 0.15) is 67.8 Å². The summed E-state index contributed by atoms with van der Waals surface area (Å²) in [5.74, 6) is 1.67. The zero-order valence-corrected chi connectivity index (χ0v) is 13.3. The number of hydrogen-bond acceptors (Lipinski definition) is 2. The first-order chi connectivity index (χ1) is 10.1. The van der Waals surface area contributed by atoms with Crippen LogP contribution in [0.15, 0.2) is 24.3 Å². The van der Waals surface area contributed by atoms with Gasteiger partial charge in [-0.3, -0.25) is 9.69 Å². The lowest BCUT2D eigenvalue weighted by atomic mass is 9.85. The summed E-state index contributed by atoms with van der Waals surface area (Å²) < 4.78 is 0. The maximum atomic E-state index is 12.5. The van der Waals surface area contributed by atoms with Gasteiger partial charge >= 0.3 is 0 Å². The Morgan fingerprint density at radius 3 is 2.57 bits per heavy atom. The van der Waals surface area contributed by atoms with Crippen LogP contribution in [0.3, 0.4) is 0 Å². The molecule has 1 aliphatic carbocycles. The van der Waals surface area contributed by atoms with Gasteiger partial charge < -0.3 is 0 Å². The van der Waals surface area contributed by atoms with Crippen molar-refractivity contribution in [1.82, 2.24) is 4.90 Å². The van der Waals surface area contributed by atoms with E-state index in [0.717, 1.165) is 18.0 Å². The number of likely N-dealkylation sites (tertiary alicyclic amines) is 1. The summed E-state index contributed by atoms with van der Waals surface area (Å²) in [6.45, 7) is 6.10. The number of nitrogens with zero attached hydrogens (tertiary/aromatic N) is 1. The van der Waals surface area contributed by atoms with Crippen LogP contribution in [0.5, 0.6) is 0 Å². The Bertz CT molecular complexity index is 491. The van der Waals surface area contributed by atoms with Gasteiger partial charge in [0.1, 0.15) is 0 Å². The van der Waals surface area contributed by atoms with Gasteiger partial charge in [-0.2, -0.15) is 0 Å². The van der Waals surface area contributed by atoms with Crippen LogP contribution in [0.25, 0.3) is 0 Å². The highest BCUT2D eigenvalue weighted by atomic mass is 16.1. The molecule has 2 unspecified atom stereocenters. The average Bonchev–Trinajstić information content (AvgIpc) is 2.91. The van der Waals surface area contributed by atoms with Crippen molar-refractivity contribution in [3.05, 3.63) is 35.4 Å². The highest BCUT2D eigenvalue weighted by molar-refractivity contribution is 5.97. The number of rotatable bonds is 4. The van der Waals surface area contributed by atoms with Gasteiger partial charge in [0.15, 0.2) is 5.78 Å². The third-order valence-electron chi connectivity index (χ3n) is 5.37. The zero-order valence-electron chi connectivity index (χ0n) is 13.3. The molecule has 0 amide bonds. The monoisotopic (exact) mass is 285 g/mol. The first-order valence-corrected chi connectivity index (χ1v) is 8.52. The van der Waals surface area contributed by atoms with E-state index < -0.39 is 0 Å². The normalized spacial score (nSPS) is 26.0. The topological polar surface area (TPSA) is 20.3 Å². The van der Waals surface area contributed by atoms with Crippen LogP contribution in [-0.2, 0) is 0 Å². The van der Waals surface area contributed by atoms with Gasteiger partial charge in [-0.25, -0.2) is 0 Å². The molecule has 1 aliphatic heterocycles. The lowest BCUT2D eigenvalue weighted by Gasteiger charge is -2.31. The van der Waals surface area contributed by atoms with Crippen molar-refractivity contribution in [3.63, 3.8) is 0 Å². The number of ketones is 1. The molecule has 2 heteroatoms. The fraction of sp³-hybridized carbons (Fsp3) is 0.632. The van der Waals surface area contributed by atoms with Gasteiger partial charge in [0, 0.05) is 11.6 Å². The highest BCUT2D eigenvalue weighted by Gasteiger charge is 2.36. The third kappa shape index (κ3) is 3.21. The number of Topliss-reactive ketones (excluding diaryl/α,β-unsaturated/α-hetero) is 1. The van der Waals surface area contributed by atoms with Crippen molar-refractivity contribution < 1.29 is 4.79 Å². The zero-order chi connectivity index (χ0) is 14.8. The Morgan fingerprint density at radius 1 is 1.14 bits per heavy atom. The van der Waals surface area contributed by atoms with Gasteiger partial charge in [0.25, 0.3) is 0 Å². The SMILES string of the molecule is CC(C)c1ccc(C(=O)CN2CCC3CCCCC32)cc1. The number of fused-ring (bicyclic) bond motifs is 1. The Hall–Kier alpha value is -1.15. The Morgan fingerprint density at radius 2 is 1.86 bits per heavy atom. The quantitative estimate of drug-likeness (QED) is 0.771. The smallest absolute Gasteiger partial charge is 0.176 e. The molecule has 114 valence electrons. The minimum absolute atomic E-state index is 0.288. The second-order valence-electron chi connectivity index (χ2n) is 7.07. The van der Waals surface area contributed by atoms with Crippen molar-refractivity contribution in [2.75, 3.05) is 13.1 Å². The summed E-state index contributed by atoms with van der Waals surface area (Å²) in [6.07, 6.45) is 6.70. The molecule has 0 aromatic heterocycles. The average molecular weight is 285 g/mol. The molecule has 0 bridgehead atoms. The van der Waals surface area contributed by atoms with Crippen LogP contribution >= 0.6 is 0 Å².